The van der Waals surface area contributed by atoms with E-state index in [9.17, 15) is 13.2 Å². The molecule has 2 radical (unpaired) electrons. The monoisotopic (exact) mass is 262 g/mol. The van der Waals surface area contributed by atoms with Gasteiger partial charge in [-0.25, -0.2) is 13.2 Å². The molecule has 0 heterocycles. The first-order valence-electron chi connectivity index (χ1n) is 5.57. The van der Waals surface area contributed by atoms with E-state index in [1.807, 2.05) is 0 Å². The molecule has 1 atom stereocenters. The van der Waals surface area contributed by atoms with E-state index < -0.39 is 23.3 Å². The van der Waals surface area contributed by atoms with Crippen LogP contribution in [0.15, 0.2) is 36.4 Å². The van der Waals surface area contributed by atoms with Gasteiger partial charge in [0.05, 0.1) is 15.0 Å². The zero-order valence-corrected chi connectivity index (χ0v) is 10.2. The van der Waals surface area contributed by atoms with Crippen molar-refractivity contribution < 1.29 is 17.9 Å². The summed E-state index contributed by atoms with van der Waals surface area (Å²) in [7, 11) is 7.43. The normalized spacial score (nSPS) is 12.2. The third-order valence-corrected chi connectivity index (χ3v) is 2.84. The second-order valence-corrected chi connectivity index (χ2v) is 4.05. The van der Waals surface area contributed by atoms with E-state index in [1.54, 1.807) is 24.3 Å². The van der Waals surface area contributed by atoms with Crippen LogP contribution in [-0.2, 0) is 0 Å². The zero-order valence-electron chi connectivity index (χ0n) is 10.2. The number of hydrogen-bond donors (Lipinski definition) is 0. The Bertz CT molecular complexity index is 561. The SMILES string of the molecule is [B]C(c1ccc(OC)cc1)c1cc(F)c(F)c(F)c1. The fourth-order valence-corrected chi connectivity index (χ4v) is 1.76. The van der Waals surface area contributed by atoms with Gasteiger partial charge in [-0.1, -0.05) is 12.1 Å². The van der Waals surface area contributed by atoms with Crippen molar-refractivity contribution in [1.29, 1.82) is 0 Å². The van der Waals surface area contributed by atoms with E-state index in [2.05, 4.69) is 0 Å². The molecule has 1 unspecified atom stereocenters. The van der Waals surface area contributed by atoms with Gasteiger partial charge in [0, 0.05) is 0 Å². The number of hydrogen-bond acceptors (Lipinski definition) is 1. The molecule has 0 fully saturated rings. The minimum Gasteiger partial charge on any atom is -0.497 e. The standard InChI is InChI=1S/C14H10BF3O/c1-19-10-4-2-8(3-5-10)13(15)9-6-11(16)14(18)12(17)7-9/h2-7,13H,1H3. The Morgan fingerprint density at radius 3 is 1.95 bits per heavy atom. The van der Waals surface area contributed by atoms with Crippen LogP contribution in [0.5, 0.6) is 5.75 Å². The van der Waals surface area contributed by atoms with Gasteiger partial charge in [-0.05, 0) is 41.2 Å². The van der Waals surface area contributed by atoms with Crippen molar-refractivity contribution in [3.05, 3.63) is 65.0 Å². The third kappa shape index (κ3) is 2.75. The second kappa shape index (κ2) is 5.39. The maximum atomic E-state index is 13.1. The summed E-state index contributed by atoms with van der Waals surface area (Å²) in [6.45, 7) is 0. The van der Waals surface area contributed by atoms with Gasteiger partial charge in [-0.3, -0.25) is 0 Å². The second-order valence-electron chi connectivity index (χ2n) is 4.05. The highest BCUT2D eigenvalue weighted by atomic mass is 19.2. The van der Waals surface area contributed by atoms with Crippen LogP contribution in [0.2, 0.25) is 0 Å². The van der Waals surface area contributed by atoms with Gasteiger partial charge in [-0.15, -0.1) is 0 Å². The Morgan fingerprint density at radius 2 is 1.47 bits per heavy atom. The number of methoxy groups -OCH3 is 1. The van der Waals surface area contributed by atoms with Crippen LogP contribution in [0.1, 0.15) is 16.9 Å². The highest BCUT2D eigenvalue weighted by molar-refractivity contribution is 6.14. The van der Waals surface area contributed by atoms with Crippen molar-refractivity contribution in [2.75, 3.05) is 7.11 Å². The molecule has 0 amide bonds. The topological polar surface area (TPSA) is 9.23 Å². The fraction of sp³-hybridized carbons (Fsp3) is 0.143. The molecule has 0 saturated heterocycles. The van der Waals surface area contributed by atoms with Crippen LogP contribution in [0.4, 0.5) is 13.2 Å². The quantitative estimate of drug-likeness (QED) is 0.608. The fourth-order valence-electron chi connectivity index (χ4n) is 1.76. The predicted octanol–water partition coefficient (Wildman–Crippen LogP) is 3.37. The van der Waals surface area contributed by atoms with Gasteiger partial charge < -0.3 is 4.74 Å². The number of benzene rings is 2. The van der Waals surface area contributed by atoms with Crippen LogP contribution in [0.3, 0.4) is 0 Å². The minimum atomic E-state index is -1.49. The molecule has 0 aliphatic carbocycles. The smallest absolute Gasteiger partial charge is 0.194 e. The summed E-state index contributed by atoms with van der Waals surface area (Å²) in [5, 5.41) is 0. The molecule has 0 aliphatic heterocycles. The lowest BCUT2D eigenvalue weighted by Gasteiger charge is -2.14. The largest absolute Gasteiger partial charge is 0.497 e. The summed E-state index contributed by atoms with van der Waals surface area (Å²) in [4.78, 5) is 0. The highest BCUT2D eigenvalue weighted by Gasteiger charge is 2.15. The Balaban J connectivity index is 2.35. The maximum Gasteiger partial charge on any atom is 0.194 e. The van der Waals surface area contributed by atoms with Crippen LogP contribution in [-0.4, -0.2) is 15.0 Å². The first kappa shape index (κ1) is 13.5. The Morgan fingerprint density at radius 1 is 0.947 bits per heavy atom. The van der Waals surface area contributed by atoms with E-state index in [4.69, 9.17) is 12.6 Å². The lowest BCUT2D eigenvalue weighted by atomic mass is 9.76. The molecule has 19 heavy (non-hydrogen) atoms. The molecular weight excluding hydrogens is 252 g/mol. The third-order valence-electron chi connectivity index (χ3n) is 2.84. The van der Waals surface area contributed by atoms with Crippen molar-refractivity contribution in [3.8, 4) is 5.75 Å². The van der Waals surface area contributed by atoms with Crippen molar-refractivity contribution in [2.24, 2.45) is 0 Å². The summed E-state index contributed by atoms with van der Waals surface area (Å²) >= 11 is 0. The molecular formula is C14H10BF3O. The molecule has 1 nitrogen and oxygen atoms in total. The predicted molar refractivity (Wildman–Crippen MR) is 66.9 cm³/mol. The van der Waals surface area contributed by atoms with Gasteiger partial charge in [0.1, 0.15) is 5.75 Å². The average Bonchev–Trinajstić information content (AvgIpc) is 2.43. The molecule has 0 saturated carbocycles. The average molecular weight is 262 g/mol. The van der Waals surface area contributed by atoms with E-state index in [0.29, 0.717) is 11.3 Å². The molecule has 0 aromatic heterocycles. The van der Waals surface area contributed by atoms with Crippen molar-refractivity contribution in [2.45, 2.75) is 5.82 Å². The van der Waals surface area contributed by atoms with E-state index in [-0.39, 0.29) is 5.56 Å². The van der Waals surface area contributed by atoms with Crippen molar-refractivity contribution >= 4 is 7.85 Å². The summed E-state index contributed by atoms with van der Waals surface area (Å²) in [6.07, 6.45) is 0. The molecule has 2 aromatic rings. The van der Waals surface area contributed by atoms with E-state index in [1.165, 1.54) is 7.11 Å². The molecule has 0 N–H and O–H groups in total. The van der Waals surface area contributed by atoms with Gasteiger partial charge in [-0.2, -0.15) is 0 Å². The van der Waals surface area contributed by atoms with Crippen molar-refractivity contribution in [1.82, 2.24) is 0 Å². The first-order valence-corrected chi connectivity index (χ1v) is 5.57. The van der Waals surface area contributed by atoms with Gasteiger partial charge >= 0.3 is 0 Å². The Kier molecular flexibility index (Phi) is 3.83. The summed E-state index contributed by atoms with van der Waals surface area (Å²) in [6, 6.07) is 8.53. The molecule has 96 valence electrons. The van der Waals surface area contributed by atoms with Crippen LogP contribution < -0.4 is 4.74 Å². The molecule has 0 aliphatic rings. The van der Waals surface area contributed by atoms with Gasteiger partial charge in [0.2, 0.25) is 0 Å². The van der Waals surface area contributed by atoms with Crippen molar-refractivity contribution in [3.63, 3.8) is 0 Å². The highest BCUT2D eigenvalue weighted by Crippen LogP contribution is 2.26. The molecule has 5 heteroatoms. The maximum absolute atomic E-state index is 13.1. The lowest BCUT2D eigenvalue weighted by molar-refractivity contribution is 0.414. The minimum absolute atomic E-state index is 0.168. The number of halogens is 3. The van der Waals surface area contributed by atoms with Crippen LogP contribution in [0.25, 0.3) is 0 Å². The van der Waals surface area contributed by atoms with Crippen LogP contribution >= 0.6 is 0 Å². The molecule has 2 rings (SSSR count). The van der Waals surface area contributed by atoms with Gasteiger partial charge in [0.15, 0.2) is 17.5 Å². The summed E-state index contributed by atoms with van der Waals surface area (Å²) < 4.78 is 44.2. The zero-order chi connectivity index (χ0) is 14.0. The molecule has 0 bridgehead atoms. The number of rotatable bonds is 3. The van der Waals surface area contributed by atoms with Gasteiger partial charge in [0.25, 0.3) is 0 Å². The Hall–Kier alpha value is -1.91. The molecule has 0 spiro atoms. The van der Waals surface area contributed by atoms with E-state index >= 15 is 0 Å². The van der Waals surface area contributed by atoms with E-state index in [0.717, 1.165) is 12.1 Å². The summed E-state index contributed by atoms with van der Waals surface area (Å²) in [5.74, 6) is -4.09. The van der Waals surface area contributed by atoms with Crippen LogP contribution in [0, 0.1) is 17.5 Å². The Labute approximate surface area is 110 Å². The number of ether oxygens (including phenoxy) is 1. The molecule has 2 aromatic carbocycles. The first-order chi connectivity index (χ1) is 9.02. The lowest BCUT2D eigenvalue weighted by Crippen LogP contribution is -2.03. The summed E-state index contributed by atoms with van der Waals surface area (Å²) in [5.41, 5.74) is 0.813.